The largest absolute Gasteiger partial charge is 0.507 e. The highest BCUT2D eigenvalue weighted by molar-refractivity contribution is 7.15. The van der Waals surface area contributed by atoms with Gasteiger partial charge in [0.2, 0.25) is 5.13 Å². The second-order valence-electron chi connectivity index (χ2n) is 7.09. The summed E-state index contributed by atoms with van der Waals surface area (Å²) in [6.45, 7) is 3.22. The van der Waals surface area contributed by atoms with Gasteiger partial charge in [-0.2, -0.15) is 0 Å². The third-order valence-corrected chi connectivity index (χ3v) is 5.87. The molecule has 1 fully saturated rings. The molecule has 3 aromatic rings. The number of anilines is 1. The average molecular weight is 454 g/mol. The number of benzene rings is 2. The number of nitro benzene ring substituents is 1. The fourth-order valence-electron chi connectivity index (χ4n) is 3.40. The van der Waals surface area contributed by atoms with Crippen molar-refractivity contribution in [2.75, 3.05) is 4.90 Å². The van der Waals surface area contributed by atoms with Gasteiger partial charge in [-0.25, -0.2) is 4.39 Å². The van der Waals surface area contributed by atoms with Crippen LogP contribution < -0.4 is 4.90 Å². The minimum atomic E-state index is -1.13. The first kappa shape index (κ1) is 21.2. The summed E-state index contributed by atoms with van der Waals surface area (Å²) in [6, 6.07) is 8.04. The quantitative estimate of drug-likeness (QED) is 0.209. The summed E-state index contributed by atoms with van der Waals surface area (Å²) in [7, 11) is 0. The third-order valence-electron chi connectivity index (χ3n) is 5.03. The highest BCUT2D eigenvalue weighted by atomic mass is 32.1. The number of aliphatic hydroxyl groups excluding tert-OH is 1. The van der Waals surface area contributed by atoms with Crippen LogP contribution in [0.1, 0.15) is 27.7 Å². The van der Waals surface area contributed by atoms with E-state index in [1.807, 2.05) is 0 Å². The van der Waals surface area contributed by atoms with Crippen molar-refractivity contribution < 1.29 is 24.0 Å². The lowest BCUT2D eigenvalue weighted by molar-refractivity contribution is -0.384. The molecule has 2 heterocycles. The number of hydrogen-bond acceptors (Lipinski definition) is 8. The summed E-state index contributed by atoms with van der Waals surface area (Å²) in [5.74, 6) is -3.08. The maximum absolute atomic E-state index is 14.1. The molecule has 0 saturated carbocycles. The first-order valence-corrected chi connectivity index (χ1v) is 10.1. The van der Waals surface area contributed by atoms with Crippen molar-refractivity contribution in [2.45, 2.75) is 19.9 Å². The number of non-ortho nitro benzene ring substituents is 1. The highest BCUT2D eigenvalue weighted by Crippen LogP contribution is 2.43. The normalized spacial score (nSPS) is 17.7. The SMILES string of the molecule is Cc1nnc(N2C(=O)C(=O)C(=C(O)c3ccc(C)c(F)c3)[C@H]2c2ccc([N+](=O)[O-])cc2)s1. The molecule has 9 nitrogen and oxygen atoms in total. The van der Waals surface area contributed by atoms with E-state index in [0.29, 0.717) is 16.1 Å². The van der Waals surface area contributed by atoms with Gasteiger partial charge in [0.25, 0.3) is 11.5 Å². The topological polar surface area (TPSA) is 127 Å². The van der Waals surface area contributed by atoms with Crippen molar-refractivity contribution in [1.82, 2.24) is 10.2 Å². The van der Waals surface area contributed by atoms with Crippen LogP contribution in [-0.2, 0) is 9.59 Å². The minimum Gasteiger partial charge on any atom is -0.507 e. The Hall–Kier alpha value is -3.99. The van der Waals surface area contributed by atoms with Gasteiger partial charge in [-0.3, -0.25) is 24.6 Å². The summed E-state index contributed by atoms with van der Waals surface area (Å²) in [5.41, 5.74) is 0.236. The number of amides is 1. The number of nitrogens with zero attached hydrogens (tertiary/aromatic N) is 4. The number of carbonyl (C=O) groups excluding carboxylic acids is 2. The summed E-state index contributed by atoms with van der Waals surface area (Å²) in [4.78, 5) is 37.4. The van der Waals surface area contributed by atoms with E-state index in [4.69, 9.17) is 0 Å². The van der Waals surface area contributed by atoms with Crippen molar-refractivity contribution in [3.63, 3.8) is 0 Å². The lowest BCUT2D eigenvalue weighted by Crippen LogP contribution is -2.29. The molecule has 1 atom stereocenters. The average Bonchev–Trinajstić information content (AvgIpc) is 3.30. The number of rotatable bonds is 4. The first-order chi connectivity index (χ1) is 15.2. The molecule has 1 aliphatic heterocycles. The zero-order valence-electron chi connectivity index (χ0n) is 16.8. The van der Waals surface area contributed by atoms with Gasteiger partial charge in [0, 0.05) is 17.7 Å². The maximum Gasteiger partial charge on any atom is 0.301 e. The first-order valence-electron chi connectivity index (χ1n) is 9.31. The van der Waals surface area contributed by atoms with Crippen LogP contribution in [0.2, 0.25) is 0 Å². The molecule has 162 valence electrons. The van der Waals surface area contributed by atoms with Gasteiger partial charge in [0.1, 0.15) is 16.6 Å². The minimum absolute atomic E-state index is 0.0199. The van der Waals surface area contributed by atoms with Gasteiger partial charge in [0.15, 0.2) is 0 Å². The predicted molar refractivity (Wildman–Crippen MR) is 114 cm³/mol. The van der Waals surface area contributed by atoms with Crippen molar-refractivity contribution in [1.29, 1.82) is 0 Å². The van der Waals surface area contributed by atoms with Crippen LogP contribution in [0.25, 0.3) is 5.76 Å². The molecule has 4 rings (SSSR count). The molecule has 2 aromatic carbocycles. The van der Waals surface area contributed by atoms with E-state index in [-0.39, 0.29) is 22.0 Å². The van der Waals surface area contributed by atoms with Crippen LogP contribution in [0.5, 0.6) is 0 Å². The van der Waals surface area contributed by atoms with Gasteiger partial charge in [-0.05, 0) is 43.2 Å². The van der Waals surface area contributed by atoms with Crippen molar-refractivity contribution in [3.8, 4) is 0 Å². The van der Waals surface area contributed by atoms with E-state index in [2.05, 4.69) is 10.2 Å². The lowest BCUT2D eigenvalue weighted by atomic mass is 9.95. The fourth-order valence-corrected chi connectivity index (χ4v) is 4.12. The number of ketones is 1. The van der Waals surface area contributed by atoms with Crippen LogP contribution in [-0.4, -0.2) is 31.9 Å². The van der Waals surface area contributed by atoms with Crippen LogP contribution in [0, 0.1) is 29.8 Å². The molecule has 1 saturated heterocycles. The van der Waals surface area contributed by atoms with Crippen LogP contribution >= 0.6 is 11.3 Å². The number of aromatic nitrogens is 2. The summed E-state index contributed by atoms with van der Waals surface area (Å²) < 4.78 is 14.1. The Morgan fingerprint density at radius 1 is 1.16 bits per heavy atom. The van der Waals surface area contributed by atoms with Gasteiger partial charge in [-0.15, -0.1) is 10.2 Å². The van der Waals surface area contributed by atoms with E-state index >= 15 is 0 Å². The molecule has 1 aliphatic rings. The standard InChI is InChI=1S/C21H15FN4O5S/c1-10-3-4-13(9-15(10)22)18(27)16-17(12-5-7-14(8-6-12)26(30)31)25(20(29)19(16)28)21-24-23-11(2)32-21/h3-9,17,27H,1-2H3/t17-/m1/s1. The Labute approximate surface area is 184 Å². The smallest absolute Gasteiger partial charge is 0.301 e. The number of Topliss-reactive ketones (excluding diaryl/α,β-unsaturated/α-hetero) is 1. The number of hydrogen-bond donors (Lipinski definition) is 1. The van der Waals surface area contributed by atoms with Crippen molar-refractivity contribution >= 4 is 39.6 Å². The second-order valence-corrected chi connectivity index (χ2v) is 8.25. The Morgan fingerprint density at radius 3 is 2.41 bits per heavy atom. The van der Waals surface area contributed by atoms with Gasteiger partial charge >= 0.3 is 5.91 Å². The molecule has 0 unspecified atom stereocenters. The molecule has 32 heavy (non-hydrogen) atoms. The van der Waals surface area contributed by atoms with E-state index in [9.17, 15) is 29.2 Å². The van der Waals surface area contributed by atoms with Gasteiger partial charge in [0.05, 0.1) is 16.5 Å². The van der Waals surface area contributed by atoms with E-state index in [1.165, 1.54) is 36.4 Å². The Morgan fingerprint density at radius 2 is 1.84 bits per heavy atom. The highest BCUT2D eigenvalue weighted by Gasteiger charge is 2.48. The summed E-state index contributed by atoms with van der Waals surface area (Å²) >= 11 is 1.07. The molecule has 1 aromatic heterocycles. The molecule has 0 spiro atoms. The number of halogens is 1. The Kier molecular flexibility index (Phi) is 5.26. The third kappa shape index (κ3) is 3.52. The van der Waals surface area contributed by atoms with Crippen LogP contribution in [0.3, 0.4) is 0 Å². The van der Waals surface area contributed by atoms with Crippen LogP contribution in [0.15, 0.2) is 48.0 Å². The number of carbonyl (C=O) groups is 2. The van der Waals surface area contributed by atoms with Gasteiger partial charge in [-0.1, -0.05) is 23.5 Å². The molecule has 11 heteroatoms. The zero-order valence-corrected chi connectivity index (χ0v) is 17.6. The van der Waals surface area contributed by atoms with Gasteiger partial charge < -0.3 is 5.11 Å². The molecule has 1 N–H and O–H groups in total. The molecule has 0 aliphatic carbocycles. The number of nitro groups is 1. The van der Waals surface area contributed by atoms with E-state index < -0.39 is 34.2 Å². The molecule has 1 amide bonds. The van der Waals surface area contributed by atoms with Crippen molar-refractivity contribution in [3.05, 3.63) is 85.7 Å². The zero-order chi connectivity index (χ0) is 23.2. The molecular weight excluding hydrogens is 439 g/mol. The van der Waals surface area contributed by atoms with Crippen LogP contribution in [0.4, 0.5) is 15.2 Å². The summed E-state index contributed by atoms with van der Waals surface area (Å²) in [6.07, 6.45) is 0. The molecule has 0 bridgehead atoms. The monoisotopic (exact) mass is 454 g/mol. The maximum atomic E-state index is 14.1. The second kappa shape index (κ2) is 7.93. The fraction of sp³-hybridized carbons (Fsp3) is 0.143. The predicted octanol–water partition coefficient (Wildman–Crippen LogP) is 3.83. The van der Waals surface area contributed by atoms with E-state index in [0.717, 1.165) is 22.3 Å². The number of aryl methyl sites for hydroxylation is 2. The van der Waals surface area contributed by atoms with E-state index in [1.54, 1.807) is 13.8 Å². The lowest BCUT2D eigenvalue weighted by Gasteiger charge is -2.22. The Balaban J connectivity index is 1.93. The number of aliphatic hydroxyl groups is 1. The van der Waals surface area contributed by atoms with Crippen molar-refractivity contribution in [2.24, 2.45) is 0 Å². The molecule has 0 radical (unpaired) electrons. The summed E-state index contributed by atoms with van der Waals surface area (Å²) in [5, 5.41) is 30.5. The Bertz CT molecular complexity index is 1300. The molecular formula is C21H15FN4O5S.